The number of amides is 2. The molecule has 2 aromatic rings. The first-order valence-electron chi connectivity index (χ1n) is 9.37. The van der Waals surface area contributed by atoms with Crippen LogP contribution in [0.4, 0.5) is 10.5 Å². The third-order valence-electron chi connectivity index (χ3n) is 4.26. The molecule has 3 rings (SSSR count). The molecule has 2 amide bonds. The molecule has 1 aliphatic rings. The Morgan fingerprint density at radius 1 is 1.36 bits per heavy atom. The molecule has 0 aliphatic carbocycles. The largest absolute Gasteiger partial charge is 0.444 e. The smallest absolute Gasteiger partial charge is 0.410 e. The van der Waals surface area contributed by atoms with E-state index >= 15 is 0 Å². The zero-order valence-corrected chi connectivity index (χ0v) is 16.5. The first-order chi connectivity index (χ1) is 13.3. The summed E-state index contributed by atoms with van der Waals surface area (Å²) in [4.78, 5) is 30.6. The molecule has 28 heavy (non-hydrogen) atoms. The second-order valence-corrected chi connectivity index (χ2v) is 7.86. The predicted octanol–water partition coefficient (Wildman–Crippen LogP) is 2.08. The highest BCUT2D eigenvalue weighted by molar-refractivity contribution is 5.95. The van der Waals surface area contributed by atoms with Crippen molar-refractivity contribution < 1.29 is 14.3 Å². The van der Waals surface area contributed by atoms with Gasteiger partial charge in [-0.2, -0.15) is 0 Å². The number of carbonyl (C=O) groups excluding carboxylic acids is 2. The summed E-state index contributed by atoms with van der Waals surface area (Å²) in [6.45, 7) is 7.49. The monoisotopic (exact) mass is 385 g/mol. The van der Waals surface area contributed by atoms with Crippen molar-refractivity contribution in [3.8, 4) is 0 Å². The molecular weight excluding hydrogens is 358 g/mol. The predicted molar refractivity (Wildman–Crippen MR) is 106 cm³/mol. The number of benzene rings is 1. The summed E-state index contributed by atoms with van der Waals surface area (Å²) in [5, 5.41) is 6.10. The van der Waals surface area contributed by atoms with Gasteiger partial charge in [0, 0.05) is 44.3 Å². The number of anilines is 1. The van der Waals surface area contributed by atoms with Crippen LogP contribution in [0.2, 0.25) is 0 Å². The molecule has 0 bridgehead atoms. The van der Waals surface area contributed by atoms with Gasteiger partial charge < -0.3 is 24.8 Å². The maximum absolute atomic E-state index is 12.7. The van der Waals surface area contributed by atoms with Gasteiger partial charge in [0.15, 0.2) is 0 Å². The number of aromatic nitrogens is 2. The normalized spacial score (nSPS) is 17.2. The molecule has 1 aromatic heterocycles. The highest BCUT2D eigenvalue weighted by Crippen LogP contribution is 2.14. The van der Waals surface area contributed by atoms with Crippen LogP contribution in [0, 0.1) is 0 Å². The number of carbonyl (C=O) groups is 2. The van der Waals surface area contributed by atoms with Gasteiger partial charge in [-0.3, -0.25) is 4.79 Å². The molecule has 150 valence electrons. The first kappa shape index (κ1) is 19.9. The number of nitrogens with one attached hydrogen (secondary N) is 2. The lowest BCUT2D eigenvalue weighted by Gasteiger charge is -2.34. The summed E-state index contributed by atoms with van der Waals surface area (Å²) < 4.78 is 7.37. The lowest BCUT2D eigenvalue weighted by Crippen LogP contribution is -2.57. The van der Waals surface area contributed by atoms with Crippen LogP contribution < -0.4 is 10.6 Å². The number of imidazole rings is 1. The Hall–Kier alpha value is -2.87. The van der Waals surface area contributed by atoms with Crippen LogP contribution >= 0.6 is 0 Å². The summed E-state index contributed by atoms with van der Waals surface area (Å²) in [5.41, 5.74) is 1.22. The Morgan fingerprint density at radius 3 is 2.89 bits per heavy atom. The summed E-state index contributed by atoms with van der Waals surface area (Å²) >= 11 is 0. The Kier molecular flexibility index (Phi) is 5.99. The highest BCUT2D eigenvalue weighted by atomic mass is 16.6. The number of hydrogen-bond donors (Lipinski definition) is 2. The van der Waals surface area contributed by atoms with Gasteiger partial charge in [-0.05, 0) is 38.5 Å². The summed E-state index contributed by atoms with van der Waals surface area (Å²) in [6, 6.07) is 7.21. The van der Waals surface area contributed by atoms with Gasteiger partial charge in [0.05, 0.1) is 6.33 Å². The Labute approximate surface area is 164 Å². The molecule has 8 nitrogen and oxygen atoms in total. The summed E-state index contributed by atoms with van der Waals surface area (Å²) in [5.74, 6) is -0.173. The van der Waals surface area contributed by atoms with E-state index < -0.39 is 17.7 Å². The minimum absolute atomic E-state index is 0.173. The number of hydrogen-bond acceptors (Lipinski definition) is 5. The van der Waals surface area contributed by atoms with Crippen LogP contribution in [0.15, 0.2) is 43.0 Å². The average Bonchev–Trinajstić information content (AvgIpc) is 3.14. The van der Waals surface area contributed by atoms with Gasteiger partial charge in [0.25, 0.3) is 0 Å². The van der Waals surface area contributed by atoms with E-state index in [0.29, 0.717) is 19.6 Å². The quantitative estimate of drug-likeness (QED) is 0.841. The molecule has 2 heterocycles. The van der Waals surface area contributed by atoms with Crippen molar-refractivity contribution in [2.24, 2.45) is 0 Å². The molecule has 1 aliphatic heterocycles. The van der Waals surface area contributed by atoms with E-state index in [4.69, 9.17) is 4.74 Å². The third kappa shape index (κ3) is 5.56. The van der Waals surface area contributed by atoms with Crippen LogP contribution in [-0.2, 0) is 16.1 Å². The van der Waals surface area contributed by atoms with Crippen molar-refractivity contribution in [2.75, 3.05) is 25.0 Å². The van der Waals surface area contributed by atoms with Crippen LogP contribution in [0.3, 0.4) is 0 Å². The average molecular weight is 385 g/mol. The molecule has 2 N–H and O–H groups in total. The van der Waals surface area contributed by atoms with Crippen molar-refractivity contribution in [3.63, 3.8) is 0 Å². The Morgan fingerprint density at radius 2 is 2.18 bits per heavy atom. The molecule has 1 saturated heterocycles. The van der Waals surface area contributed by atoms with Gasteiger partial charge in [0.1, 0.15) is 11.6 Å². The zero-order valence-electron chi connectivity index (χ0n) is 16.5. The van der Waals surface area contributed by atoms with E-state index in [9.17, 15) is 9.59 Å². The first-order valence-corrected chi connectivity index (χ1v) is 9.37. The van der Waals surface area contributed by atoms with Crippen molar-refractivity contribution >= 4 is 17.7 Å². The van der Waals surface area contributed by atoms with Crippen molar-refractivity contribution in [3.05, 3.63) is 48.5 Å². The summed E-state index contributed by atoms with van der Waals surface area (Å²) in [6.07, 6.45) is 4.98. The second-order valence-electron chi connectivity index (χ2n) is 7.86. The second kappa shape index (κ2) is 8.43. The standard InChI is InChI=1S/C20H27N5O3/c1-20(2,3)28-19(27)25-10-8-22-17(13-25)18(26)23-16-6-4-5-15(11-16)12-24-9-7-21-14-24/h4-7,9,11,14,17,22H,8,10,12-13H2,1-3H3,(H,23,26)/t17-/m0/s1. The highest BCUT2D eigenvalue weighted by Gasteiger charge is 2.30. The number of piperazine rings is 1. The summed E-state index contributed by atoms with van der Waals surface area (Å²) in [7, 11) is 0. The molecule has 0 saturated carbocycles. The van der Waals surface area contributed by atoms with E-state index in [1.165, 1.54) is 0 Å². The Bertz CT molecular complexity index is 813. The maximum Gasteiger partial charge on any atom is 0.410 e. The molecular formula is C20H27N5O3. The SMILES string of the molecule is CC(C)(C)OC(=O)N1CCN[C@H](C(=O)Nc2cccc(Cn3ccnc3)c2)C1. The van der Waals surface area contributed by atoms with Crippen LogP contribution in [0.5, 0.6) is 0 Å². The van der Waals surface area contributed by atoms with Crippen LogP contribution in [-0.4, -0.2) is 57.7 Å². The number of nitrogens with zero attached hydrogens (tertiary/aromatic N) is 3. The number of rotatable bonds is 4. The molecule has 8 heteroatoms. The zero-order chi connectivity index (χ0) is 20.1. The van der Waals surface area contributed by atoms with Crippen molar-refractivity contribution in [1.29, 1.82) is 0 Å². The van der Waals surface area contributed by atoms with Crippen LogP contribution in [0.25, 0.3) is 0 Å². The van der Waals surface area contributed by atoms with Crippen molar-refractivity contribution in [1.82, 2.24) is 19.8 Å². The fourth-order valence-corrected chi connectivity index (χ4v) is 2.99. The minimum Gasteiger partial charge on any atom is -0.444 e. The Balaban J connectivity index is 1.59. The van der Waals surface area contributed by atoms with Gasteiger partial charge in [0.2, 0.25) is 5.91 Å². The lowest BCUT2D eigenvalue weighted by molar-refractivity contribution is -0.119. The maximum atomic E-state index is 12.7. The lowest BCUT2D eigenvalue weighted by atomic mass is 10.1. The molecule has 0 unspecified atom stereocenters. The molecule has 0 radical (unpaired) electrons. The molecule has 1 aromatic carbocycles. The topological polar surface area (TPSA) is 88.5 Å². The molecule has 1 atom stereocenters. The van der Waals surface area contributed by atoms with Crippen LogP contribution in [0.1, 0.15) is 26.3 Å². The van der Waals surface area contributed by atoms with Gasteiger partial charge in [-0.25, -0.2) is 9.78 Å². The van der Waals surface area contributed by atoms with Gasteiger partial charge in [-0.15, -0.1) is 0 Å². The third-order valence-corrected chi connectivity index (χ3v) is 4.26. The van der Waals surface area contributed by atoms with E-state index in [2.05, 4.69) is 15.6 Å². The van der Waals surface area contributed by atoms with Crippen molar-refractivity contribution in [2.45, 2.75) is 39.0 Å². The molecule has 1 fully saturated rings. The van der Waals surface area contributed by atoms with E-state index in [0.717, 1.165) is 11.3 Å². The van der Waals surface area contributed by atoms with E-state index in [-0.39, 0.29) is 12.5 Å². The fourth-order valence-electron chi connectivity index (χ4n) is 2.99. The van der Waals surface area contributed by atoms with E-state index in [1.54, 1.807) is 17.4 Å². The van der Waals surface area contributed by atoms with E-state index in [1.807, 2.05) is 55.8 Å². The van der Waals surface area contributed by atoms with Gasteiger partial charge in [-0.1, -0.05) is 12.1 Å². The van der Waals surface area contributed by atoms with Gasteiger partial charge >= 0.3 is 6.09 Å². The number of ether oxygens (including phenoxy) is 1. The fraction of sp³-hybridized carbons (Fsp3) is 0.450. The minimum atomic E-state index is -0.560. The molecule has 0 spiro atoms.